The lowest BCUT2D eigenvalue weighted by molar-refractivity contribution is 0.586. The normalized spacial score (nSPS) is 12.6. The van der Waals surface area contributed by atoms with E-state index in [9.17, 15) is 0 Å². The van der Waals surface area contributed by atoms with Gasteiger partial charge in [-0.05, 0) is 57.3 Å². The summed E-state index contributed by atoms with van der Waals surface area (Å²) < 4.78 is 4.48. The smallest absolute Gasteiger partial charge is 0.0257 e. The average Bonchev–Trinajstić information content (AvgIpc) is 2.41. The van der Waals surface area contributed by atoms with Gasteiger partial charge in [-0.3, -0.25) is 0 Å². The highest BCUT2D eigenvalue weighted by molar-refractivity contribution is 9.11. The van der Waals surface area contributed by atoms with Crippen LogP contribution in [0, 0.1) is 0 Å². The maximum atomic E-state index is 3.77. The van der Waals surface area contributed by atoms with Crippen LogP contribution in [0.4, 0.5) is 0 Å². The Morgan fingerprint density at radius 1 is 0.500 bits per heavy atom. The molecule has 0 aliphatic rings. The molecule has 24 heavy (non-hydrogen) atoms. The third-order valence-electron chi connectivity index (χ3n) is 4.02. The summed E-state index contributed by atoms with van der Waals surface area (Å²) in [5.74, 6) is 0. The van der Waals surface area contributed by atoms with Crippen molar-refractivity contribution in [1.82, 2.24) is 0 Å². The molecule has 0 spiro atoms. The fourth-order valence-corrected chi connectivity index (χ4v) is 5.65. The van der Waals surface area contributed by atoms with E-state index in [-0.39, 0.29) is 10.8 Å². The first kappa shape index (κ1) is 20.7. The molecule has 2 aromatic rings. The quantitative estimate of drug-likeness (QED) is 0.315. The van der Waals surface area contributed by atoms with Crippen LogP contribution in [-0.2, 0) is 10.8 Å². The van der Waals surface area contributed by atoms with Crippen LogP contribution in [-0.4, -0.2) is 0 Å². The lowest BCUT2D eigenvalue weighted by Gasteiger charge is -2.24. The molecule has 130 valence electrons. The van der Waals surface area contributed by atoms with E-state index < -0.39 is 0 Å². The number of hydrogen-bond donors (Lipinski definition) is 0. The molecule has 0 N–H and O–H groups in total. The largest absolute Gasteiger partial charge is 0.0560 e. The van der Waals surface area contributed by atoms with Gasteiger partial charge in [0.15, 0.2) is 0 Å². The van der Waals surface area contributed by atoms with Crippen LogP contribution < -0.4 is 0 Å². The van der Waals surface area contributed by atoms with Crippen LogP contribution in [0.5, 0.6) is 0 Å². The van der Waals surface area contributed by atoms with Gasteiger partial charge in [0.2, 0.25) is 0 Å². The number of hydrogen-bond acceptors (Lipinski definition) is 0. The molecular formula is C20H22Br4. The van der Waals surface area contributed by atoms with Gasteiger partial charge in [0.1, 0.15) is 0 Å². The lowest BCUT2D eigenvalue weighted by Crippen LogP contribution is -2.13. The minimum atomic E-state index is 0.0911. The van der Waals surface area contributed by atoms with E-state index in [4.69, 9.17) is 0 Å². The fraction of sp³-hybridized carbons (Fsp3) is 0.400. The highest BCUT2D eigenvalue weighted by Gasteiger charge is 2.22. The van der Waals surface area contributed by atoms with E-state index in [0.717, 1.165) is 17.9 Å². The van der Waals surface area contributed by atoms with Gasteiger partial charge in [-0.25, -0.2) is 0 Å². The zero-order valence-electron chi connectivity index (χ0n) is 14.8. The minimum Gasteiger partial charge on any atom is -0.0560 e. The first-order valence-corrected chi connectivity index (χ1v) is 11.0. The van der Waals surface area contributed by atoms with Crippen molar-refractivity contribution in [3.63, 3.8) is 0 Å². The highest BCUT2D eigenvalue weighted by Crippen LogP contribution is 2.43. The molecule has 2 rings (SSSR count). The molecule has 2 aromatic carbocycles. The van der Waals surface area contributed by atoms with Gasteiger partial charge in [-0.1, -0.05) is 105 Å². The summed E-state index contributed by atoms with van der Waals surface area (Å²) in [7, 11) is 0. The standard InChI is InChI=1S/C20H22Br4/c1-19(2,3)13-9-15(21)11(7-17(13)23)12-8-18(24)14(10-16(12)22)20(4,5)6/h7-10H,1-6H3. The zero-order chi connectivity index (χ0) is 18.4. The lowest BCUT2D eigenvalue weighted by atomic mass is 9.85. The minimum absolute atomic E-state index is 0.0911. The van der Waals surface area contributed by atoms with E-state index in [1.54, 1.807) is 0 Å². The first-order chi connectivity index (χ1) is 10.8. The van der Waals surface area contributed by atoms with Crippen molar-refractivity contribution in [3.05, 3.63) is 53.3 Å². The van der Waals surface area contributed by atoms with Gasteiger partial charge in [-0.2, -0.15) is 0 Å². The Bertz CT molecular complexity index is 710. The Labute approximate surface area is 179 Å². The van der Waals surface area contributed by atoms with Crippen molar-refractivity contribution in [3.8, 4) is 11.1 Å². The molecule has 0 saturated heterocycles. The second-order valence-corrected chi connectivity index (χ2v) is 11.5. The monoisotopic (exact) mass is 578 g/mol. The van der Waals surface area contributed by atoms with Crippen LogP contribution in [0.15, 0.2) is 42.2 Å². The average molecular weight is 582 g/mol. The molecule has 4 heteroatoms. The SMILES string of the molecule is CC(C)(C)c1cc(Br)c(-c2cc(Br)c(C(C)(C)C)cc2Br)cc1Br. The summed E-state index contributed by atoms with van der Waals surface area (Å²) in [5.41, 5.74) is 5.10. The molecule has 0 fully saturated rings. The van der Waals surface area contributed by atoms with Crippen LogP contribution in [0.1, 0.15) is 52.7 Å². The highest BCUT2D eigenvalue weighted by atomic mass is 79.9. The Morgan fingerprint density at radius 2 is 0.792 bits per heavy atom. The topological polar surface area (TPSA) is 0 Å². The van der Waals surface area contributed by atoms with E-state index >= 15 is 0 Å². The van der Waals surface area contributed by atoms with E-state index in [1.807, 2.05) is 0 Å². The summed E-state index contributed by atoms with van der Waals surface area (Å²) in [4.78, 5) is 0. The fourth-order valence-electron chi connectivity index (χ4n) is 2.66. The molecule has 0 amide bonds. The molecule has 0 saturated carbocycles. The van der Waals surface area contributed by atoms with Crippen molar-refractivity contribution >= 4 is 63.7 Å². The zero-order valence-corrected chi connectivity index (χ0v) is 21.2. The maximum absolute atomic E-state index is 3.77. The molecule has 0 aliphatic carbocycles. The van der Waals surface area contributed by atoms with Crippen molar-refractivity contribution in [1.29, 1.82) is 0 Å². The molecular weight excluding hydrogens is 560 g/mol. The number of rotatable bonds is 1. The van der Waals surface area contributed by atoms with Gasteiger partial charge in [0, 0.05) is 17.9 Å². The van der Waals surface area contributed by atoms with Gasteiger partial charge in [0.05, 0.1) is 0 Å². The van der Waals surface area contributed by atoms with Gasteiger partial charge >= 0.3 is 0 Å². The van der Waals surface area contributed by atoms with Crippen LogP contribution in [0.2, 0.25) is 0 Å². The van der Waals surface area contributed by atoms with Crippen molar-refractivity contribution in [2.24, 2.45) is 0 Å². The third-order valence-corrected chi connectivity index (χ3v) is 6.64. The predicted octanol–water partition coefficient (Wildman–Crippen LogP) is 9.00. The predicted molar refractivity (Wildman–Crippen MR) is 120 cm³/mol. The summed E-state index contributed by atoms with van der Waals surface area (Å²) in [6.07, 6.45) is 0. The first-order valence-electron chi connectivity index (χ1n) is 7.82. The van der Waals surface area contributed by atoms with Crippen LogP contribution in [0.3, 0.4) is 0 Å². The Hall–Kier alpha value is 0.360. The third kappa shape index (κ3) is 4.36. The Kier molecular flexibility index (Phi) is 6.17. The second kappa shape index (κ2) is 7.17. The van der Waals surface area contributed by atoms with Gasteiger partial charge < -0.3 is 0 Å². The molecule has 0 aliphatic heterocycles. The van der Waals surface area contributed by atoms with Crippen molar-refractivity contribution < 1.29 is 0 Å². The molecule has 0 aromatic heterocycles. The second-order valence-electron chi connectivity index (χ2n) is 8.12. The molecule has 0 bridgehead atoms. The summed E-state index contributed by atoms with van der Waals surface area (Å²) in [5, 5.41) is 0. The van der Waals surface area contributed by atoms with Gasteiger partial charge in [-0.15, -0.1) is 0 Å². The Morgan fingerprint density at radius 3 is 1.04 bits per heavy atom. The summed E-state index contributed by atoms with van der Waals surface area (Å²) >= 11 is 15.1. The number of halogens is 4. The number of benzene rings is 2. The van der Waals surface area contributed by atoms with Gasteiger partial charge in [0.25, 0.3) is 0 Å². The van der Waals surface area contributed by atoms with Crippen LogP contribution >= 0.6 is 63.7 Å². The molecule has 0 unspecified atom stereocenters. The van der Waals surface area contributed by atoms with E-state index in [2.05, 4.69) is 130 Å². The molecule has 0 atom stereocenters. The van der Waals surface area contributed by atoms with Crippen molar-refractivity contribution in [2.45, 2.75) is 52.4 Å². The maximum Gasteiger partial charge on any atom is 0.0257 e. The summed E-state index contributed by atoms with van der Waals surface area (Å²) in [6, 6.07) is 8.84. The molecule has 0 radical (unpaired) electrons. The van der Waals surface area contributed by atoms with Crippen LogP contribution in [0.25, 0.3) is 11.1 Å². The Balaban J connectivity index is 2.66. The van der Waals surface area contributed by atoms with E-state index in [1.165, 1.54) is 22.3 Å². The summed E-state index contributed by atoms with van der Waals surface area (Å²) in [6.45, 7) is 13.4. The van der Waals surface area contributed by atoms with E-state index in [0.29, 0.717) is 0 Å². The van der Waals surface area contributed by atoms with Crippen molar-refractivity contribution in [2.75, 3.05) is 0 Å². The molecule has 0 heterocycles. The molecule has 0 nitrogen and oxygen atoms in total.